The second kappa shape index (κ2) is 8.04. The number of anilines is 1. The average molecular weight is 366 g/mol. The first-order valence-electron chi connectivity index (χ1n) is 7.18. The summed E-state index contributed by atoms with van der Waals surface area (Å²) in [5.74, 6) is -0.0236. The van der Waals surface area contributed by atoms with Crippen molar-refractivity contribution in [3.05, 3.63) is 58.1 Å². The zero-order valence-corrected chi connectivity index (χ0v) is 14.7. The molecule has 0 spiro atoms. The van der Waals surface area contributed by atoms with Crippen molar-refractivity contribution in [2.75, 3.05) is 5.73 Å². The smallest absolute Gasteiger partial charge is 0.280 e. The molecule has 1 amide bonds. The van der Waals surface area contributed by atoms with E-state index in [9.17, 15) is 4.79 Å². The van der Waals surface area contributed by atoms with E-state index in [4.69, 9.17) is 33.7 Å². The third kappa shape index (κ3) is 4.88. The Labute approximate surface area is 150 Å². The van der Waals surface area contributed by atoms with Crippen LogP contribution in [0.15, 0.2) is 47.6 Å². The van der Waals surface area contributed by atoms with Crippen molar-refractivity contribution in [1.82, 2.24) is 5.43 Å². The van der Waals surface area contributed by atoms with Gasteiger partial charge in [-0.3, -0.25) is 4.79 Å². The minimum atomic E-state index is -0.777. The predicted octanol–water partition coefficient (Wildman–Crippen LogP) is 3.88. The number of carbonyl (C=O) groups excluding carboxylic acids is 1. The number of hydrogen-bond acceptors (Lipinski definition) is 4. The highest BCUT2D eigenvalue weighted by atomic mass is 35.5. The molecule has 2 aromatic carbocycles. The van der Waals surface area contributed by atoms with Crippen LogP contribution in [0.4, 0.5) is 5.69 Å². The molecule has 0 heterocycles. The van der Waals surface area contributed by atoms with E-state index < -0.39 is 12.0 Å². The number of rotatable bonds is 5. The second-order valence-electron chi connectivity index (χ2n) is 5.13. The van der Waals surface area contributed by atoms with Crippen molar-refractivity contribution in [1.29, 1.82) is 0 Å². The number of halogens is 2. The third-order valence-electron chi connectivity index (χ3n) is 3.21. The molecule has 7 heteroatoms. The van der Waals surface area contributed by atoms with E-state index in [1.54, 1.807) is 44.2 Å². The minimum absolute atomic E-state index is 0.335. The monoisotopic (exact) mass is 365 g/mol. The highest BCUT2D eigenvalue weighted by Gasteiger charge is 2.16. The number of nitrogens with one attached hydrogen (secondary N) is 1. The number of hydrazone groups is 1. The van der Waals surface area contributed by atoms with Crippen LogP contribution in [0.25, 0.3) is 0 Å². The molecule has 126 valence electrons. The molecule has 2 rings (SSSR count). The van der Waals surface area contributed by atoms with Gasteiger partial charge >= 0.3 is 0 Å². The van der Waals surface area contributed by atoms with Gasteiger partial charge in [0.25, 0.3) is 5.91 Å². The molecule has 0 bridgehead atoms. The maximum Gasteiger partial charge on any atom is 0.280 e. The van der Waals surface area contributed by atoms with Gasteiger partial charge in [0, 0.05) is 10.7 Å². The number of ether oxygens (including phenoxy) is 1. The topological polar surface area (TPSA) is 76.7 Å². The van der Waals surface area contributed by atoms with E-state index in [2.05, 4.69) is 10.5 Å². The Morgan fingerprint density at radius 1 is 1.25 bits per heavy atom. The Bertz CT molecular complexity index is 778. The van der Waals surface area contributed by atoms with Crippen molar-refractivity contribution < 1.29 is 9.53 Å². The van der Waals surface area contributed by atoms with Crippen molar-refractivity contribution >= 4 is 40.5 Å². The fourth-order valence-electron chi connectivity index (χ4n) is 1.87. The molecule has 0 saturated heterocycles. The van der Waals surface area contributed by atoms with Crippen LogP contribution in [0.3, 0.4) is 0 Å². The first kappa shape index (κ1) is 18.1. The number of amides is 1. The summed E-state index contributed by atoms with van der Waals surface area (Å²) in [4.78, 5) is 12.1. The molecule has 0 aromatic heterocycles. The maximum atomic E-state index is 12.1. The summed E-state index contributed by atoms with van der Waals surface area (Å²) in [7, 11) is 0. The molecule has 0 aliphatic carbocycles. The molecule has 0 aliphatic rings. The van der Waals surface area contributed by atoms with Crippen molar-refractivity contribution in [2.24, 2.45) is 5.10 Å². The Balaban J connectivity index is 1.99. The number of nitrogen functional groups attached to an aromatic ring is 1. The molecule has 3 N–H and O–H groups in total. The van der Waals surface area contributed by atoms with Crippen molar-refractivity contribution in [3.8, 4) is 5.75 Å². The summed E-state index contributed by atoms with van der Waals surface area (Å²) < 4.78 is 5.53. The third-order valence-corrected chi connectivity index (χ3v) is 3.74. The van der Waals surface area contributed by atoms with Gasteiger partial charge in [0.15, 0.2) is 6.10 Å². The number of nitrogens with two attached hydrogens (primary N) is 1. The van der Waals surface area contributed by atoms with Crippen LogP contribution in [0, 0.1) is 0 Å². The van der Waals surface area contributed by atoms with Gasteiger partial charge in [-0.05, 0) is 49.7 Å². The Morgan fingerprint density at radius 3 is 2.67 bits per heavy atom. The lowest BCUT2D eigenvalue weighted by molar-refractivity contribution is -0.127. The number of hydrogen-bond donors (Lipinski definition) is 2. The zero-order valence-electron chi connectivity index (χ0n) is 13.2. The largest absolute Gasteiger partial charge is 0.479 e. The molecule has 1 atom stereocenters. The number of nitrogens with zero attached hydrogens (tertiary/aromatic N) is 1. The van der Waals surface area contributed by atoms with Gasteiger partial charge in [0.1, 0.15) is 5.75 Å². The summed E-state index contributed by atoms with van der Waals surface area (Å²) in [6, 6.07) is 12.0. The quantitative estimate of drug-likeness (QED) is 0.479. The van der Waals surface area contributed by atoms with E-state index in [1.807, 2.05) is 12.1 Å². The van der Waals surface area contributed by atoms with E-state index in [0.29, 0.717) is 27.2 Å². The fraction of sp³-hybridized carbons (Fsp3) is 0.176. The van der Waals surface area contributed by atoms with Crippen LogP contribution in [-0.2, 0) is 4.79 Å². The maximum absolute atomic E-state index is 12.1. The molecule has 0 saturated carbocycles. The molecule has 24 heavy (non-hydrogen) atoms. The predicted molar refractivity (Wildman–Crippen MR) is 97.8 cm³/mol. The van der Waals surface area contributed by atoms with Crippen LogP contribution in [0.2, 0.25) is 10.0 Å². The lowest BCUT2D eigenvalue weighted by Gasteiger charge is -2.14. The highest BCUT2D eigenvalue weighted by molar-refractivity contribution is 6.35. The molecular weight excluding hydrogens is 349 g/mol. The summed E-state index contributed by atoms with van der Waals surface area (Å²) in [5.41, 5.74) is 10.3. The molecule has 0 fully saturated rings. The van der Waals surface area contributed by atoms with E-state index in [-0.39, 0.29) is 0 Å². The van der Waals surface area contributed by atoms with E-state index in [0.717, 1.165) is 5.56 Å². The Hall–Kier alpha value is -2.24. The first-order valence-corrected chi connectivity index (χ1v) is 7.94. The molecule has 0 unspecified atom stereocenters. The molecule has 2 aromatic rings. The summed E-state index contributed by atoms with van der Waals surface area (Å²) in [6.07, 6.45) is -0.777. The van der Waals surface area contributed by atoms with Gasteiger partial charge in [0.2, 0.25) is 0 Å². The minimum Gasteiger partial charge on any atom is -0.479 e. The zero-order chi connectivity index (χ0) is 17.7. The van der Waals surface area contributed by atoms with Crippen LogP contribution in [-0.4, -0.2) is 17.7 Å². The lowest BCUT2D eigenvalue weighted by Crippen LogP contribution is -2.34. The fourth-order valence-corrected chi connectivity index (χ4v) is 2.33. The second-order valence-corrected chi connectivity index (χ2v) is 5.98. The van der Waals surface area contributed by atoms with Crippen LogP contribution in [0.5, 0.6) is 5.75 Å². The SMILES string of the molecule is C/C(=N/NC(=O)[C@H](C)Oc1ccc(Cl)cc1Cl)c1cccc(N)c1. The van der Waals surface area contributed by atoms with E-state index in [1.165, 1.54) is 0 Å². The Kier molecular flexibility index (Phi) is 6.06. The van der Waals surface area contributed by atoms with Crippen molar-refractivity contribution in [2.45, 2.75) is 20.0 Å². The van der Waals surface area contributed by atoms with E-state index >= 15 is 0 Å². The molecule has 0 aliphatic heterocycles. The van der Waals surface area contributed by atoms with Gasteiger partial charge in [-0.1, -0.05) is 35.3 Å². The van der Waals surface area contributed by atoms with Crippen LogP contribution < -0.4 is 15.9 Å². The molecular formula is C17H17Cl2N3O2. The van der Waals surface area contributed by atoms with Crippen molar-refractivity contribution in [3.63, 3.8) is 0 Å². The number of benzene rings is 2. The average Bonchev–Trinajstić information content (AvgIpc) is 2.54. The lowest BCUT2D eigenvalue weighted by atomic mass is 10.1. The molecule has 0 radical (unpaired) electrons. The number of carbonyl (C=O) groups is 1. The van der Waals surface area contributed by atoms with Crippen LogP contribution in [0.1, 0.15) is 19.4 Å². The normalized spacial score (nSPS) is 12.6. The summed E-state index contributed by atoms with van der Waals surface area (Å²) in [6.45, 7) is 3.38. The first-order chi connectivity index (χ1) is 11.4. The summed E-state index contributed by atoms with van der Waals surface area (Å²) >= 11 is 11.8. The van der Waals surface area contributed by atoms with Gasteiger partial charge < -0.3 is 10.5 Å². The van der Waals surface area contributed by atoms with Gasteiger partial charge in [-0.15, -0.1) is 0 Å². The van der Waals surface area contributed by atoms with Gasteiger partial charge in [-0.2, -0.15) is 5.10 Å². The summed E-state index contributed by atoms with van der Waals surface area (Å²) in [5, 5.41) is 4.89. The highest BCUT2D eigenvalue weighted by Crippen LogP contribution is 2.28. The van der Waals surface area contributed by atoms with Gasteiger partial charge in [-0.25, -0.2) is 5.43 Å². The molecule has 5 nitrogen and oxygen atoms in total. The van der Waals surface area contributed by atoms with Gasteiger partial charge in [0.05, 0.1) is 10.7 Å². The Morgan fingerprint density at radius 2 is 2.00 bits per heavy atom. The van der Waals surface area contributed by atoms with Crippen LogP contribution >= 0.6 is 23.2 Å². The standard InChI is InChI=1S/C17H17Cl2N3O2/c1-10(12-4-3-5-14(20)8-12)21-22-17(23)11(2)24-16-7-6-13(18)9-15(16)19/h3-9,11H,20H2,1-2H3,(H,22,23)/b21-10-/t11-/m0/s1.